The van der Waals surface area contributed by atoms with Gasteiger partial charge in [0.15, 0.2) is 5.13 Å². The van der Waals surface area contributed by atoms with Gasteiger partial charge in [-0.1, -0.05) is 19.1 Å². The molecular formula is C11H14N4O2S2. The second-order valence-corrected chi connectivity index (χ2v) is 6.12. The fourth-order valence-corrected chi connectivity index (χ4v) is 3.26. The van der Waals surface area contributed by atoms with E-state index < -0.39 is 10.2 Å². The van der Waals surface area contributed by atoms with Crippen molar-refractivity contribution in [3.63, 3.8) is 0 Å². The van der Waals surface area contributed by atoms with Crippen LogP contribution in [0.2, 0.25) is 0 Å². The summed E-state index contributed by atoms with van der Waals surface area (Å²) in [5.74, 6) is 0. The molecule has 0 radical (unpaired) electrons. The molecule has 0 saturated carbocycles. The van der Waals surface area contributed by atoms with Crippen LogP contribution in [0, 0.1) is 0 Å². The van der Waals surface area contributed by atoms with Crippen LogP contribution in [0.4, 0.5) is 10.8 Å². The summed E-state index contributed by atoms with van der Waals surface area (Å²) in [6, 6.07) is 7.23. The van der Waals surface area contributed by atoms with E-state index in [4.69, 9.17) is 5.73 Å². The van der Waals surface area contributed by atoms with E-state index in [1.54, 1.807) is 24.4 Å². The number of nitrogens with two attached hydrogens (primary N) is 1. The van der Waals surface area contributed by atoms with Gasteiger partial charge in [0.05, 0.1) is 5.69 Å². The number of hydrogen-bond donors (Lipinski definition) is 3. The van der Waals surface area contributed by atoms with Crippen LogP contribution in [-0.2, 0) is 10.2 Å². The fourth-order valence-electron chi connectivity index (χ4n) is 1.45. The molecule has 0 saturated heterocycles. The highest BCUT2D eigenvalue weighted by molar-refractivity contribution is 7.91. The summed E-state index contributed by atoms with van der Waals surface area (Å²) in [6.45, 7) is 2.03. The highest BCUT2D eigenvalue weighted by Gasteiger charge is 2.11. The number of hydrogen-bond acceptors (Lipinski definition) is 5. The Kier molecular flexibility index (Phi) is 4.03. The van der Waals surface area contributed by atoms with Gasteiger partial charge in [-0.2, -0.15) is 13.1 Å². The van der Waals surface area contributed by atoms with Crippen LogP contribution in [0.25, 0.3) is 11.3 Å². The number of nitrogens with zero attached hydrogens (tertiary/aromatic N) is 1. The van der Waals surface area contributed by atoms with Gasteiger partial charge >= 0.3 is 10.2 Å². The maximum absolute atomic E-state index is 11.5. The normalized spacial score (nSPS) is 11.4. The lowest BCUT2D eigenvalue weighted by atomic mass is 10.2. The second-order valence-electron chi connectivity index (χ2n) is 3.76. The van der Waals surface area contributed by atoms with Crippen molar-refractivity contribution >= 4 is 32.4 Å². The van der Waals surface area contributed by atoms with Crippen molar-refractivity contribution in [2.24, 2.45) is 0 Å². The Balaban J connectivity index is 2.18. The van der Waals surface area contributed by atoms with Crippen molar-refractivity contribution in [2.45, 2.75) is 6.92 Å². The maximum Gasteiger partial charge on any atom is 0.300 e. The Morgan fingerprint density at radius 1 is 1.32 bits per heavy atom. The molecule has 8 heteroatoms. The van der Waals surface area contributed by atoms with E-state index in [9.17, 15) is 8.42 Å². The lowest BCUT2D eigenvalue weighted by Gasteiger charge is -2.03. The Morgan fingerprint density at radius 2 is 2.00 bits per heavy atom. The quantitative estimate of drug-likeness (QED) is 0.731. The number of anilines is 2. The Hall–Kier alpha value is -1.64. The Labute approximate surface area is 115 Å². The van der Waals surface area contributed by atoms with Crippen molar-refractivity contribution in [1.29, 1.82) is 0 Å². The first-order valence-electron chi connectivity index (χ1n) is 5.59. The molecule has 6 nitrogen and oxygen atoms in total. The van der Waals surface area contributed by atoms with Gasteiger partial charge in [-0.3, -0.25) is 0 Å². The summed E-state index contributed by atoms with van der Waals surface area (Å²) in [5.41, 5.74) is 7.88. The van der Waals surface area contributed by atoms with Crippen LogP contribution < -0.4 is 15.2 Å². The minimum atomic E-state index is -3.53. The van der Waals surface area contributed by atoms with Gasteiger partial charge in [0.25, 0.3) is 0 Å². The SMILES string of the molecule is CCNS(=O)(=O)Nc1nc(-c2ccc(N)cc2)cs1. The molecule has 2 aromatic rings. The third-order valence-electron chi connectivity index (χ3n) is 2.27. The molecule has 0 spiro atoms. The third-order valence-corrected chi connectivity index (χ3v) is 4.28. The molecule has 102 valence electrons. The Morgan fingerprint density at radius 3 is 2.63 bits per heavy atom. The average molecular weight is 298 g/mol. The van der Waals surface area contributed by atoms with Gasteiger partial charge < -0.3 is 5.73 Å². The molecule has 0 bridgehead atoms. The zero-order valence-electron chi connectivity index (χ0n) is 10.3. The van der Waals surface area contributed by atoms with Gasteiger partial charge in [-0.05, 0) is 12.1 Å². The molecule has 1 heterocycles. The first kappa shape index (κ1) is 13.8. The predicted octanol–water partition coefficient (Wildman–Crippen LogP) is 1.66. The average Bonchev–Trinajstić information content (AvgIpc) is 2.77. The van der Waals surface area contributed by atoms with Crippen LogP contribution in [0.1, 0.15) is 6.92 Å². The zero-order valence-corrected chi connectivity index (χ0v) is 11.9. The number of nitrogen functional groups attached to an aromatic ring is 1. The number of rotatable bonds is 5. The fraction of sp³-hybridized carbons (Fsp3) is 0.182. The van der Waals surface area contributed by atoms with Crippen LogP contribution in [-0.4, -0.2) is 19.9 Å². The molecule has 1 aromatic heterocycles. The van der Waals surface area contributed by atoms with Crippen LogP contribution in [0.15, 0.2) is 29.6 Å². The van der Waals surface area contributed by atoms with Crippen LogP contribution in [0.3, 0.4) is 0 Å². The van der Waals surface area contributed by atoms with Gasteiger partial charge in [0.2, 0.25) is 0 Å². The molecule has 0 atom stereocenters. The molecule has 2 rings (SSSR count). The number of nitrogens with one attached hydrogen (secondary N) is 2. The topological polar surface area (TPSA) is 97.1 Å². The van der Waals surface area contributed by atoms with E-state index in [1.165, 1.54) is 11.3 Å². The van der Waals surface area contributed by atoms with Crippen molar-refractivity contribution in [3.05, 3.63) is 29.6 Å². The number of thiazole rings is 1. The molecule has 0 aliphatic carbocycles. The highest BCUT2D eigenvalue weighted by atomic mass is 32.2. The monoisotopic (exact) mass is 298 g/mol. The molecule has 0 fully saturated rings. The molecule has 4 N–H and O–H groups in total. The Bertz CT molecular complexity index is 650. The van der Waals surface area contributed by atoms with E-state index in [-0.39, 0.29) is 0 Å². The summed E-state index contributed by atoms with van der Waals surface area (Å²) in [4.78, 5) is 4.23. The van der Waals surface area contributed by atoms with Crippen molar-refractivity contribution < 1.29 is 8.42 Å². The lowest BCUT2D eigenvalue weighted by Crippen LogP contribution is -2.29. The van der Waals surface area contributed by atoms with Gasteiger partial charge in [0, 0.05) is 23.2 Å². The molecule has 19 heavy (non-hydrogen) atoms. The largest absolute Gasteiger partial charge is 0.399 e. The highest BCUT2D eigenvalue weighted by Crippen LogP contribution is 2.25. The van der Waals surface area contributed by atoms with Gasteiger partial charge in [-0.15, -0.1) is 11.3 Å². The summed E-state index contributed by atoms with van der Waals surface area (Å²) in [5, 5.41) is 2.11. The van der Waals surface area contributed by atoms with E-state index in [0.29, 0.717) is 23.1 Å². The lowest BCUT2D eigenvalue weighted by molar-refractivity contribution is 0.589. The summed E-state index contributed by atoms with van der Waals surface area (Å²) in [6.07, 6.45) is 0. The van der Waals surface area contributed by atoms with Crippen molar-refractivity contribution in [2.75, 3.05) is 17.0 Å². The van der Waals surface area contributed by atoms with Gasteiger partial charge in [-0.25, -0.2) is 9.71 Å². The third kappa shape index (κ3) is 3.66. The standard InChI is InChI=1S/C11H14N4O2S2/c1-2-13-19(16,17)15-11-14-10(7-18-11)8-3-5-9(12)6-4-8/h3-7,13H,2,12H2,1H3,(H,14,15). The smallest absolute Gasteiger partial charge is 0.300 e. The van der Waals surface area contributed by atoms with Gasteiger partial charge in [0.1, 0.15) is 0 Å². The molecule has 0 aliphatic heterocycles. The molecule has 0 unspecified atom stereocenters. The molecular weight excluding hydrogens is 284 g/mol. The predicted molar refractivity (Wildman–Crippen MR) is 78.2 cm³/mol. The van der Waals surface area contributed by atoms with E-state index in [1.807, 2.05) is 12.1 Å². The minimum absolute atomic E-state index is 0.325. The first-order chi connectivity index (χ1) is 9.00. The summed E-state index contributed by atoms with van der Waals surface area (Å²) >= 11 is 1.23. The molecule has 1 aromatic carbocycles. The maximum atomic E-state index is 11.5. The van der Waals surface area contributed by atoms with Crippen LogP contribution >= 0.6 is 11.3 Å². The molecule has 0 aliphatic rings. The van der Waals surface area contributed by atoms with E-state index >= 15 is 0 Å². The summed E-state index contributed by atoms with van der Waals surface area (Å²) < 4.78 is 27.7. The van der Waals surface area contributed by atoms with Crippen molar-refractivity contribution in [1.82, 2.24) is 9.71 Å². The minimum Gasteiger partial charge on any atom is -0.399 e. The first-order valence-corrected chi connectivity index (χ1v) is 7.95. The van der Waals surface area contributed by atoms with E-state index in [2.05, 4.69) is 14.4 Å². The summed E-state index contributed by atoms with van der Waals surface area (Å²) in [7, 11) is -3.53. The zero-order chi connectivity index (χ0) is 13.9. The second kappa shape index (κ2) is 5.55. The number of aromatic nitrogens is 1. The number of benzene rings is 1. The van der Waals surface area contributed by atoms with E-state index in [0.717, 1.165) is 5.56 Å². The molecule has 0 amide bonds. The van der Waals surface area contributed by atoms with Crippen LogP contribution in [0.5, 0.6) is 0 Å². The van der Waals surface area contributed by atoms with Crippen molar-refractivity contribution in [3.8, 4) is 11.3 Å².